The van der Waals surface area contributed by atoms with E-state index in [1.165, 1.54) is 38.9 Å². The summed E-state index contributed by atoms with van der Waals surface area (Å²) in [5, 5.41) is 12.4. The van der Waals surface area contributed by atoms with Gasteiger partial charge in [-0.3, -0.25) is 9.78 Å². The van der Waals surface area contributed by atoms with Crippen LogP contribution in [-0.2, 0) is 24.9 Å². The molecule has 0 atom stereocenters. The molecule has 0 aliphatic heterocycles. The quantitative estimate of drug-likeness (QED) is 0.0623. The van der Waals surface area contributed by atoms with Gasteiger partial charge in [0.15, 0.2) is 5.78 Å². The van der Waals surface area contributed by atoms with Gasteiger partial charge in [0, 0.05) is 38.0 Å². The molecule has 1 N–H and O–H groups in total. The monoisotopic (exact) mass is 847 g/mol. The topological polar surface area (TPSA) is 50.2 Å². The average molecular weight is 847 g/mol. The average Bonchev–Trinajstić information content (AvgIpc) is 3.09. The molecule has 0 fully saturated rings. The van der Waals surface area contributed by atoms with Gasteiger partial charge in [-0.25, -0.2) is 0 Å². The number of benzene rings is 4. The zero-order chi connectivity index (χ0) is 34.8. The fourth-order valence-corrected chi connectivity index (χ4v) is 7.27. The van der Waals surface area contributed by atoms with Crippen LogP contribution in [0.25, 0.3) is 44.4 Å². The minimum absolute atomic E-state index is 0. The number of ketones is 1. The Kier molecular flexibility index (Phi) is 14.9. The number of aryl methyl sites for hydroxylation is 1. The summed E-state index contributed by atoms with van der Waals surface area (Å²) in [4.78, 5) is 16.9. The van der Waals surface area contributed by atoms with Gasteiger partial charge >= 0.3 is 0 Å². The van der Waals surface area contributed by atoms with E-state index in [2.05, 4.69) is 130 Å². The molecule has 1 heterocycles. The first-order chi connectivity index (χ1) is 23.0. The predicted molar refractivity (Wildman–Crippen MR) is 208 cm³/mol. The summed E-state index contributed by atoms with van der Waals surface area (Å²) in [6, 6.07) is 38.1. The Morgan fingerprint density at radius 3 is 1.86 bits per heavy atom. The van der Waals surface area contributed by atoms with Crippen LogP contribution in [0, 0.1) is 24.8 Å². The Balaban J connectivity index is 0.000000347. The maximum absolute atomic E-state index is 11.7. The third-order valence-corrected chi connectivity index (χ3v) is 11.4. The van der Waals surface area contributed by atoms with Gasteiger partial charge in [0.2, 0.25) is 0 Å². The van der Waals surface area contributed by atoms with E-state index in [-0.39, 0.29) is 43.5 Å². The molecule has 0 aliphatic rings. The van der Waals surface area contributed by atoms with E-state index >= 15 is 0 Å². The second-order valence-electron chi connectivity index (χ2n) is 13.7. The van der Waals surface area contributed by atoms with Crippen molar-refractivity contribution in [3.05, 3.63) is 121 Å². The largest absolute Gasteiger partial charge is 0.512 e. The summed E-state index contributed by atoms with van der Waals surface area (Å²) < 4.78 is 0. The van der Waals surface area contributed by atoms with Gasteiger partial charge in [0.25, 0.3) is 0 Å². The SMILES string of the molecule is CCC(CC)C(=O)/C=C(\O)C(CC)CC.Cc1c[c-]c(-c2nc3ccc([Si](C)(C)C)cc3cc2-c2ccccc2)cc1-c1ccccc1.[Ir]. The van der Waals surface area contributed by atoms with Crippen LogP contribution in [0.2, 0.25) is 19.6 Å². The van der Waals surface area contributed by atoms with Crippen molar-refractivity contribution in [2.75, 3.05) is 0 Å². The van der Waals surface area contributed by atoms with Gasteiger partial charge in [-0.1, -0.05) is 144 Å². The molecular weight excluding hydrogens is 795 g/mol. The minimum atomic E-state index is -1.41. The van der Waals surface area contributed by atoms with Crippen LogP contribution in [0.3, 0.4) is 0 Å². The Labute approximate surface area is 309 Å². The van der Waals surface area contributed by atoms with Crippen LogP contribution in [0.4, 0.5) is 0 Å². The van der Waals surface area contributed by atoms with Crippen LogP contribution in [0.5, 0.6) is 0 Å². The Morgan fingerprint density at radius 2 is 1.33 bits per heavy atom. The van der Waals surface area contributed by atoms with Crippen molar-refractivity contribution in [2.45, 2.75) is 79.9 Å². The molecule has 0 spiro atoms. The Bertz CT molecular complexity index is 1840. The summed E-state index contributed by atoms with van der Waals surface area (Å²) in [6.07, 6.45) is 4.91. The first kappa shape index (κ1) is 39.8. The van der Waals surface area contributed by atoms with E-state index < -0.39 is 8.07 Å². The maximum atomic E-state index is 11.7. The molecule has 5 aromatic rings. The third kappa shape index (κ3) is 10.2. The third-order valence-electron chi connectivity index (χ3n) is 9.35. The molecule has 1 radical (unpaired) electrons. The number of rotatable bonds is 11. The van der Waals surface area contributed by atoms with Gasteiger partial charge in [0.05, 0.1) is 19.3 Å². The van der Waals surface area contributed by atoms with Crippen LogP contribution in [0.1, 0.15) is 58.9 Å². The number of nitrogens with zero attached hydrogens (tertiary/aromatic N) is 1. The molecule has 4 aromatic carbocycles. The van der Waals surface area contributed by atoms with Gasteiger partial charge in [-0.05, 0) is 59.5 Å². The van der Waals surface area contributed by atoms with E-state index in [0.717, 1.165) is 48.0 Å². The van der Waals surface area contributed by atoms with Gasteiger partial charge < -0.3 is 5.11 Å². The second kappa shape index (κ2) is 18.4. The number of carbonyl (C=O) groups excluding carboxylic acids is 1. The van der Waals surface area contributed by atoms with E-state index in [9.17, 15) is 9.90 Å². The van der Waals surface area contributed by atoms with Crippen molar-refractivity contribution >= 4 is 29.9 Å². The molecule has 259 valence electrons. The molecule has 5 rings (SSSR count). The number of aromatic nitrogens is 1. The molecule has 0 unspecified atom stereocenters. The fraction of sp³-hybridized carbons (Fsp3) is 0.318. The number of hydrogen-bond donors (Lipinski definition) is 1. The van der Waals surface area contributed by atoms with Crippen molar-refractivity contribution in [2.24, 2.45) is 11.8 Å². The zero-order valence-electron chi connectivity index (χ0n) is 30.4. The standard InChI is InChI=1S/C31H28NSi.C13H24O2.Ir/c1-22-15-16-25(20-28(22)23-11-7-5-8-12-23)31-29(24-13-9-6-10-14-24)21-26-19-27(33(2,3)4)17-18-30(26)32-31;1-5-10(6-2)12(14)9-13(15)11(7-3)8-4;/h5-15,17-21H,1-4H3;9-11,14H,5-8H2,1-4H3;/q-1;;/b;12-9-;. The number of allylic oxidation sites excluding steroid dienone is 2. The molecule has 3 nitrogen and oxygen atoms in total. The summed E-state index contributed by atoms with van der Waals surface area (Å²) >= 11 is 0. The fourth-order valence-electron chi connectivity index (χ4n) is 6.09. The predicted octanol–water partition coefficient (Wildman–Crippen LogP) is 11.8. The molecule has 0 amide bonds. The summed E-state index contributed by atoms with van der Waals surface area (Å²) in [6.45, 7) is 17.4. The van der Waals surface area contributed by atoms with Crippen molar-refractivity contribution in [1.82, 2.24) is 4.98 Å². The van der Waals surface area contributed by atoms with E-state index in [1.807, 2.05) is 27.7 Å². The minimum Gasteiger partial charge on any atom is -0.512 e. The number of aliphatic hydroxyl groups excluding tert-OH is 1. The van der Waals surface area contributed by atoms with Crippen molar-refractivity contribution in [1.29, 1.82) is 0 Å². The number of carbonyl (C=O) groups is 1. The van der Waals surface area contributed by atoms with Crippen molar-refractivity contribution in [3.63, 3.8) is 0 Å². The van der Waals surface area contributed by atoms with Crippen LogP contribution >= 0.6 is 0 Å². The van der Waals surface area contributed by atoms with Crippen molar-refractivity contribution < 1.29 is 30.0 Å². The first-order valence-corrected chi connectivity index (χ1v) is 21.0. The molecule has 0 saturated heterocycles. The van der Waals surface area contributed by atoms with E-state index in [4.69, 9.17) is 4.98 Å². The van der Waals surface area contributed by atoms with Crippen LogP contribution < -0.4 is 5.19 Å². The molecule has 5 heteroatoms. The van der Waals surface area contributed by atoms with Crippen molar-refractivity contribution in [3.8, 4) is 33.5 Å². The maximum Gasteiger partial charge on any atom is 0.162 e. The second-order valence-corrected chi connectivity index (χ2v) is 18.8. The normalized spacial score (nSPS) is 11.7. The molecule has 0 aliphatic carbocycles. The molecule has 0 bridgehead atoms. The summed E-state index contributed by atoms with van der Waals surface area (Å²) in [7, 11) is -1.41. The van der Waals surface area contributed by atoms with Gasteiger partial charge in [-0.15, -0.1) is 29.3 Å². The van der Waals surface area contributed by atoms with E-state index in [0.29, 0.717) is 0 Å². The first-order valence-electron chi connectivity index (χ1n) is 17.5. The molecule has 0 saturated carbocycles. The van der Waals surface area contributed by atoms with Gasteiger partial charge in [0.1, 0.15) is 0 Å². The Hall–Kier alpha value is -3.63. The number of hydrogen-bond acceptors (Lipinski definition) is 3. The van der Waals surface area contributed by atoms with E-state index in [1.54, 1.807) is 0 Å². The summed E-state index contributed by atoms with van der Waals surface area (Å²) in [5.74, 6) is 0.547. The molecule has 49 heavy (non-hydrogen) atoms. The van der Waals surface area contributed by atoms with Crippen LogP contribution in [0.15, 0.2) is 109 Å². The number of fused-ring (bicyclic) bond motifs is 1. The Morgan fingerprint density at radius 1 is 0.776 bits per heavy atom. The smallest absolute Gasteiger partial charge is 0.162 e. The zero-order valence-corrected chi connectivity index (χ0v) is 33.8. The molecular formula is C44H52IrNO2Si-. The summed E-state index contributed by atoms with van der Waals surface area (Å²) in [5.41, 5.74) is 9.01. The molecule has 1 aromatic heterocycles. The number of pyridine rings is 1. The van der Waals surface area contributed by atoms with Crippen LogP contribution in [-0.4, -0.2) is 23.9 Å². The number of aliphatic hydroxyl groups is 1. The van der Waals surface area contributed by atoms with Gasteiger partial charge in [-0.2, -0.15) is 0 Å².